The van der Waals surface area contributed by atoms with Crippen LogP contribution < -0.4 is 0 Å². The van der Waals surface area contributed by atoms with Crippen molar-refractivity contribution in [3.05, 3.63) is 71.5 Å². The van der Waals surface area contributed by atoms with Crippen LogP contribution in [0, 0.1) is 6.92 Å². The summed E-state index contributed by atoms with van der Waals surface area (Å²) in [6, 6.07) is 14.7. The zero-order valence-electron chi connectivity index (χ0n) is 21.2. The number of sulfonamides is 1. The van der Waals surface area contributed by atoms with E-state index in [9.17, 15) is 8.42 Å². The van der Waals surface area contributed by atoms with E-state index in [2.05, 4.69) is 41.4 Å². The number of ether oxygens (including phenoxy) is 1. The Kier molecular flexibility index (Phi) is 6.13. The summed E-state index contributed by atoms with van der Waals surface area (Å²) in [4.78, 5) is 1.28. The summed E-state index contributed by atoms with van der Waals surface area (Å²) in [5.41, 5.74) is 4.18. The van der Waals surface area contributed by atoms with Crippen LogP contribution in [0.2, 0.25) is 0 Å². The number of aromatic nitrogens is 5. The Morgan fingerprint density at radius 1 is 1.11 bits per heavy atom. The molecule has 2 saturated heterocycles. The molecule has 2 aliphatic rings. The van der Waals surface area contributed by atoms with Crippen molar-refractivity contribution < 1.29 is 13.2 Å². The molecule has 6 rings (SSSR count). The molecule has 10 heteroatoms. The Balaban J connectivity index is 1.41. The maximum atomic E-state index is 13.5. The highest BCUT2D eigenvalue weighted by Gasteiger charge is 2.45. The van der Waals surface area contributed by atoms with E-state index in [1.807, 2.05) is 29.1 Å². The summed E-state index contributed by atoms with van der Waals surface area (Å²) >= 11 is 0. The van der Waals surface area contributed by atoms with Gasteiger partial charge in [-0.3, -0.25) is 0 Å². The summed E-state index contributed by atoms with van der Waals surface area (Å²) < 4.78 is 36.5. The van der Waals surface area contributed by atoms with Crippen LogP contribution in [0.1, 0.15) is 48.6 Å². The molecule has 194 valence electrons. The Bertz CT molecular complexity index is 1520. The molecule has 0 saturated carbocycles. The van der Waals surface area contributed by atoms with Crippen molar-refractivity contribution >= 4 is 20.9 Å². The van der Waals surface area contributed by atoms with Crippen molar-refractivity contribution in [2.24, 2.45) is 7.05 Å². The average molecular weight is 521 g/mol. The van der Waals surface area contributed by atoms with Gasteiger partial charge in [-0.2, -0.15) is 19.3 Å². The average Bonchev–Trinajstić information content (AvgIpc) is 3.64. The number of rotatable bonds is 6. The first-order chi connectivity index (χ1) is 17.9. The molecule has 2 aliphatic heterocycles. The molecule has 0 aliphatic carbocycles. The minimum absolute atomic E-state index is 0.00792. The molecular formula is C27H32N6O3S. The van der Waals surface area contributed by atoms with Gasteiger partial charge in [-0.05, 0) is 67.9 Å². The first kappa shape index (κ1) is 24.3. The maximum Gasteiger partial charge on any atom is 0.264 e. The number of hydrogen-bond donors (Lipinski definition) is 0. The van der Waals surface area contributed by atoms with E-state index in [1.165, 1.54) is 22.1 Å². The van der Waals surface area contributed by atoms with Crippen molar-refractivity contribution in [1.82, 2.24) is 29.1 Å². The van der Waals surface area contributed by atoms with Crippen LogP contribution in [0.25, 0.3) is 10.9 Å². The van der Waals surface area contributed by atoms with E-state index in [0.29, 0.717) is 19.5 Å². The topological polar surface area (TPSA) is 95.1 Å². The number of hydrogen-bond acceptors (Lipinski definition) is 6. The standard InChI is InChI=1S/C27H32N6O3S/c1-20-14-24-22(17-29-33(24)26-10-6-7-13-36-26)15-23(20)27(16-21-8-4-3-5-9-21)11-12-32(19-27)37(34,35)25-18-28-31(2)30-25/h3-5,8-9,14-15,17-18,26H,6-7,10-13,16,19H2,1-2H3. The zero-order valence-corrected chi connectivity index (χ0v) is 22.1. The Morgan fingerprint density at radius 3 is 2.68 bits per heavy atom. The molecule has 2 fully saturated rings. The fraction of sp³-hybridized carbons (Fsp3) is 0.444. The van der Waals surface area contributed by atoms with Crippen molar-refractivity contribution in [2.75, 3.05) is 19.7 Å². The van der Waals surface area contributed by atoms with E-state index in [1.54, 1.807) is 11.4 Å². The largest absolute Gasteiger partial charge is 0.356 e. The normalized spacial score (nSPS) is 23.1. The van der Waals surface area contributed by atoms with Gasteiger partial charge < -0.3 is 4.74 Å². The smallest absolute Gasteiger partial charge is 0.264 e. The van der Waals surface area contributed by atoms with Gasteiger partial charge in [0.15, 0.2) is 6.23 Å². The molecule has 0 radical (unpaired) electrons. The molecule has 0 N–H and O–H groups in total. The van der Waals surface area contributed by atoms with Gasteiger partial charge in [0.2, 0.25) is 5.03 Å². The van der Waals surface area contributed by atoms with Crippen molar-refractivity contribution in [3.8, 4) is 0 Å². The van der Waals surface area contributed by atoms with Gasteiger partial charge >= 0.3 is 0 Å². The summed E-state index contributed by atoms with van der Waals surface area (Å²) in [7, 11) is -2.12. The van der Waals surface area contributed by atoms with Crippen molar-refractivity contribution in [1.29, 1.82) is 0 Å². The molecule has 4 aromatic rings. The lowest BCUT2D eigenvalue weighted by Crippen LogP contribution is -2.36. The fourth-order valence-corrected chi connectivity index (χ4v) is 7.39. The van der Waals surface area contributed by atoms with Crippen LogP contribution in [0.15, 0.2) is 59.9 Å². The van der Waals surface area contributed by atoms with Crippen molar-refractivity contribution in [3.63, 3.8) is 0 Å². The number of fused-ring (bicyclic) bond motifs is 1. The summed E-state index contributed by atoms with van der Waals surface area (Å²) in [5.74, 6) is 0. The zero-order chi connectivity index (χ0) is 25.6. The minimum Gasteiger partial charge on any atom is -0.356 e. The SMILES string of the molecule is Cc1cc2c(cnn2C2CCCCO2)cc1C1(Cc2ccccc2)CCN(S(=O)(=O)c2cnn(C)n2)C1. The van der Waals surface area contributed by atoms with Gasteiger partial charge in [0, 0.05) is 37.5 Å². The quantitative estimate of drug-likeness (QED) is 0.384. The molecule has 2 atom stereocenters. The van der Waals surface area contributed by atoms with E-state index in [-0.39, 0.29) is 16.7 Å². The molecule has 9 nitrogen and oxygen atoms in total. The van der Waals surface area contributed by atoms with Gasteiger partial charge in [0.1, 0.15) is 0 Å². The predicted molar refractivity (Wildman–Crippen MR) is 140 cm³/mol. The lowest BCUT2D eigenvalue weighted by atomic mass is 9.73. The predicted octanol–water partition coefficient (Wildman–Crippen LogP) is 3.75. The number of nitrogens with zero attached hydrogens (tertiary/aromatic N) is 6. The Morgan fingerprint density at radius 2 is 1.95 bits per heavy atom. The van der Waals surface area contributed by atoms with E-state index < -0.39 is 10.0 Å². The Labute approximate surface area is 217 Å². The molecule has 4 heterocycles. The summed E-state index contributed by atoms with van der Waals surface area (Å²) in [6.45, 7) is 3.70. The molecular weight excluding hydrogens is 488 g/mol. The van der Waals surface area contributed by atoms with Crippen LogP contribution in [0.4, 0.5) is 0 Å². The third-order valence-electron chi connectivity index (χ3n) is 7.83. The second-order valence-electron chi connectivity index (χ2n) is 10.3. The first-order valence-electron chi connectivity index (χ1n) is 12.9. The Hall–Kier alpha value is -3.08. The molecule has 2 aromatic carbocycles. The van der Waals surface area contributed by atoms with Crippen molar-refractivity contribution in [2.45, 2.75) is 55.7 Å². The number of benzene rings is 2. The van der Waals surface area contributed by atoms with Crippen LogP contribution in [0.5, 0.6) is 0 Å². The molecule has 37 heavy (non-hydrogen) atoms. The van der Waals surface area contributed by atoms with Crippen LogP contribution in [-0.4, -0.2) is 57.2 Å². The first-order valence-corrected chi connectivity index (χ1v) is 14.3. The van der Waals surface area contributed by atoms with Crippen LogP contribution >= 0.6 is 0 Å². The fourth-order valence-electron chi connectivity index (χ4n) is 5.98. The van der Waals surface area contributed by atoms with E-state index >= 15 is 0 Å². The van der Waals surface area contributed by atoms with E-state index in [0.717, 1.165) is 48.8 Å². The van der Waals surface area contributed by atoms with Gasteiger partial charge in [-0.25, -0.2) is 13.1 Å². The molecule has 0 amide bonds. The van der Waals surface area contributed by atoms with Gasteiger partial charge in [0.05, 0.1) is 17.9 Å². The second kappa shape index (κ2) is 9.34. The van der Waals surface area contributed by atoms with Gasteiger partial charge in [0.25, 0.3) is 10.0 Å². The highest BCUT2D eigenvalue weighted by atomic mass is 32.2. The lowest BCUT2D eigenvalue weighted by molar-refractivity contribution is -0.0366. The minimum atomic E-state index is -3.75. The third kappa shape index (κ3) is 4.36. The second-order valence-corrected chi connectivity index (χ2v) is 12.2. The van der Waals surface area contributed by atoms with Crippen LogP contribution in [-0.2, 0) is 33.6 Å². The van der Waals surface area contributed by atoms with E-state index in [4.69, 9.17) is 9.84 Å². The highest BCUT2D eigenvalue weighted by Crippen LogP contribution is 2.42. The molecule has 2 aromatic heterocycles. The summed E-state index contributed by atoms with van der Waals surface area (Å²) in [6.07, 6.45) is 7.86. The van der Waals surface area contributed by atoms with Gasteiger partial charge in [-0.15, -0.1) is 5.10 Å². The molecule has 0 spiro atoms. The summed E-state index contributed by atoms with van der Waals surface area (Å²) in [5, 5.41) is 13.8. The lowest BCUT2D eigenvalue weighted by Gasteiger charge is -2.32. The molecule has 0 bridgehead atoms. The third-order valence-corrected chi connectivity index (χ3v) is 9.54. The molecule has 2 unspecified atom stereocenters. The highest BCUT2D eigenvalue weighted by molar-refractivity contribution is 7.89. The monoisotopic (exact) mass is 520 g/mol. The van der Waals surface area contributed by atoms with Gasteiger partial charge in [-0.1, -0.05) is 30.3 Å². The number of aryl methyl sites for hydroxylation is 2. The maximum absolute atomic E-state index is 13.5. The van der Waals surface area contributed by atoms with Crippen LogP contribution in [0.3, 0.4) is 0 Å².